The van der Waals surface area contributed by atoms with Crippen LogP contribution in [0.25, 0.3) is 0 Å². The first kappa shape index (κ1) is 101. The fourth-order valence-corrected chi connectivity index (χ4v) is 20.0. The second kappa shape index (κ2) is 47.7. The molecule has 9 atom stereocenters. The number of rotatable bonds is 41. The third-order valence-corrected chi connectivity index (χ3v) is 26.7. The topological polar surface area (TPSA) is 310 Å². The van der Waals surface area contributed by atoms with E-state index in [2.05, 4.69) is 103 Å². The van der Waals surface area contributed by atoms with Gasteiger partial charge in [-0.1, -0.05) is 179 Å². The van der Waals surface area contributed by atoms with E-state index in [0.717, 1.165) is 168 Å². The molecule has 6 heterocycles. The third-order valence-electron chi connectivity index (χ3n) is 26.7. The lowest BCUT2D eigenvalue weighted by molar-refractivity contribution is -0.144. The molecule has 3 unspecified atom stereocenters. The van der Waals surface area contributed by atoms with Gasteiger partial charge in [-0.05, 0) is 223 Å². The fourth-order valence-electron chi connectivity index (χ4n) is 20.0. The molecule has 15 rings (SSSR count). The summed E-state index contributed by atoms with van der Waals surface area (Å²) in [4.78, 5) is 86.3. The van der Waals surface area contributed by atoms with Crippen LogP contribution in [-0.4, -0.2) is 159 Å². The zero-order valence-corrected chi connectivity index (χ0v) is 80.7. The van der Waals surface area contributed by atoms with E-state index in [4.69, 9.17) is 52.1 Å². The third kappa shape index (κ3) is 24.1. The van der Waals surface area contributed by atoms with Crippen molar-refractivity contribution in [3.63, 3.8) is 0 Å². The molecule has 3 fully saturated rings. The Morgan fingerprint density at radius 1 is 0.353 bits per heavy atom. The van der Waals surface area contributed by atoms with Crippen molar-refractivity contribution in [2.45, 2.75) is 208 Å². The Hall–Kier alpha value is -12.6. The van der Waals surface area contributed by atoms with Gasteiger partial charge in [-0.2, -0.15) is 0 Å². The van der Waals surface area contributed by atoms with Gasteiger partial charge in [0.2, 0.25) is 49.6 Å². The van der Waals surface area contributed by atoms with Crippen molar-refractivity contribution in [3.8, 4) is 63.2 Å². The lowest BCUT2D eigenvalue weighted by atomic mass is 9.82. The first-order valence-corrected chi connectivity index (χ1v) is 48.3. The van der Waals surface area contributed by atoms with Gasteiger partial charge in [-0.15, -0.1) is 0 Å². The summed E-state index contributed by atoms with van der Waals surface area (Å²) in [6.07, 6.45) is 13.8. The van der Waals surface area contributed by atoms with Crippen molar-refractivity contribution in [2.24, 2.45) is 17.8 Å². The van der Waals surface area contributed by atoms with Crippen LogP contribution < -0.4 is 68.1 Å². The fraction of sp³-hybridized carbons (Fsp3) is 0.450. The van der Waals surface area contributed by atoms with Crippen LogP contribution in [0.4, 0.5) is 21.5 Å². The molecule has 6 aliphatic rings. The highest BCUT2D eigenvalue weighted by molar-refractivity contribution is 5.96. The van der Waals surface area contributed by atoms with E-state index >= 15 is 0 Å². The number of ether oxygens (including phenoxy) is 11. The largest absolute Gasteiger partial charge is 0.494 e. The number of carbonyl (C=O) groups is 6. The number of hydrogen-bond acceptors (Lipinski definition) is 20. The first-order valence-electron chi connectivity index (χ1n) is 48.3. The Labute approximate surface area is 798 Å². The molecule has 9 aromatic rings. The lowest BCUT2D eigenvalue weighted by Crippen LogP contribution is -2.35. The molecule has 6 aliphatic heterocycles. The molecule has 9 aromatic carbocycles. The summed E-state index contributed by atoms with van der Waals surface area (Å²) in [6, 6.07) is 45.3. The van der Waals surface area contributed by atoms with E-state index in [1.807, 2.05) is 132 Å². The summed E-state index contributed by atoms with van der Waals surface area (Å²) in [5.41, 5.74) is 15.2. The van der Waals surface area contributed by atoms with Gasteiger partial charge in [0.25, 0.3) is 0 Å². The molecular weight excluding hydrogens is 1730 g/mol. The number of likely N-dealkylation sites (tertiary alicyclic amines) is 3. The first-order chi connectivity index (χ1) is 65.9. The number of methoxy groups -OCH3 is 2. The van der Waals surface area contributed by atoms with Crippen molar-refractivity contribution in [1.29, 1.82) is 0 Å². The average molecular weight is 1870 g/mol. The second-order valence-electron chi connectivity index (χ2n) is 35.7. The van der Waals surface area contributed by atoms with Crippen LogP contribution in [0.1, 0.15) is 234 Å². The predicted molar refractivity (Wildman–Crippen MR) is 521 cm³/mol. The summed E-state index contributed by atoms with van der Waals surface area (Å²) in [5.74, 6) is -1.18. The second-order valence-corrected chi connectivity index (χ2v) is 35.7. The van der Waals surface area contributed by atoms with E-state index in [-0.39, 0.29) is 76.0 Å². The number of nitrogens with one attached hydrogen (secondary N) is 3. The molecule has 0 spiro atoms. The van der Waals surface area contributed by atoms with Crippen molar-refractivity contribution < 1.29 is 101 Å². The maximum absolute atomic E-state index is 14.3. The number of benzene rings is 9. The van der Waals surface area contributed by atoms with Crippen LogP contribution in [0.15, 0.2) is 152 Å². The normalized spacial score (nSPS) is 19.0. The number of nitrogens with zero attached hydrogens (tertiary/aromatic N) is 3. The van der Waals surface area contributed by atoms with Crippen molar-refractivity contribution in [1.82, 2.24) is 14.7 Å². The number of carboxylic acids is 3. The molecule has 0 radical (unpaired) electrons. The van der Waals surface area contributed by atoms with Crippen molar-refractivity contribution in [3.05, 3.63) is 235 Å². The number of amides is 3. The van der Waals surface area contributed by atoms with Gasteiger partial charge in [0.1, 0.15) is 23.1 Å². The van der Waals surface area contributed by atoms with Crippen LogP contribution in [0, 0.1) is 37.4 Å². The number of carboxylic acid groups (broad SMARTS) is 3. The lowest BCUT2D eigenvalue weighted by Gasteiger charge is -2.27. The van der Waals surface area contributed by atoms with E-state index in [1.165, 1.54) is 24.8 Å². The van der Waals surface area contributed by atoms with Gasteiger partial charge in [0, 0.05) is 72.6 Å². The number of carbonyl (C=O) groups excluding carboxylic acids is 3. The molecule has 26 nitrogen and oxygen atoms in total. The number of unbranched alkanes of at least 4 members (excludes halogenated alkanes) is 6. The van der Waals surface area contributed by atoms with E-state index < -0.39 is 65.6 Å². The smallest absolute Gasteiger partial charge is 0.309 e. The van der Waals surface area contributed by atoms with Crippen LogP contribution >= 0.6 is 0 Å². The molecule has 27 heteroatoms. The Morgan fingerprint density at radius 2 is 0.640 bits per heavy atom. The van der Waals surface area contributed by atoms with Crippen molar-refractivity contribution >= 4 is 52.7 Å². The van der Waals surface area contributed by atoms with E-state index in [9.17, 15) is 48.5 Å². The maximum Gasteiger partial charge on any atom is 0.309 e. The number of aliphatic carboxylic acids is 3. The minimum absolute atomic E-state index is 0.0298. The van der Waals surface area contributed by atoms with Gasteiger partial charge in [-0.3, -0.25) is 43.5 Å². The van der Waals surface area contributed by atoms with E-state index in [1.54, 1.807) is 19.2 Å². The molecule has 0 saturated carbocycles. The van der Waals surface area contributed by atoms with E-state index in [0.29, 0.717) is 114 Å². The minimum Gasteiger partial charge on any atom is -0.494 e. The summed E-state index contributed by atoms with van der Waals surface area (Å²) < 4.78 is 76.8. The van der Waals surface area contributed by atoms with Crippen LogP contribution in [0.3, 0.4) is 0 Å². The average Bonchev–Trinajstić information content (AvgIpc) is 1.61. The Bertz CT molecular complexity index is 5330. The van der Waals surface area contributed by atoms with Gasteiger partial charge >= 0.3 is 17.9 Å². The quantitative estimate of drug-likeness (QED) is 0.0194. The molecule has 0 aliphatic carbocycles. The molecule has 136 heavy (non-hydrogen) atoms. The van der Waals surface area contributed by atoms with Crippen LogP contribution in [-0.2, 0) is 67.3 Å². The Morgan fingerprint density at radius 3 is 0.949 bits per heavy atom. The van der Waals surface area contributed by atoms with Gasteiger partial charge in [0.05, 0.1) is 71.4 Å². The number of halogens is 1. The van der Waals surface area contributed by atoms with Gasteiger partial charge in [0.15, 0.2) is 34.5 Å². The molecular formula is C109H133FN6O20. The predicted octanol–water partition coefficient (Wildman–Crippen LogP) is 20.5. The molecule has 0 bridgehead atoms. The highest BCUT2D eigenvalue weighted by Gasteiger charge is 2.52. The summed E-state index contributed by atoms with van der Waals surface area (Å²) in [5, 5.41) is 41.5. The maximum atomic E-state index is 14.3. The Kier molecular flexibility index (Phi) is 35.4. The monoisotopic (exact) mass is 1860 g/mol. The molecule has 0 aromatic heterocycles. The highest BCUT2D eigenvalue weighted by Crippen LogP contribution is 2.54. The number of fused-ring (bicyclic) bond motifs is 3. The SMILES string of the molecule is CCCCCOc1ccc([C@H]2C(C(=O)O)[C@@H](c3cc(OC)c4c(c3)OCO4)CN2CC(=O)Nc2c(CC)cc(C)cc2CC)cc1.CCCCCOc1ccc([C@H]2C(C(=O)O)[C@@H](c3cc(OC)c4c(c3)OCO4)CN2CC(=O)Nc2c(CC)cc(F)cc2CC)cc1.CCCCCOc1ccc([C@H]2C(C(=O)O)[C@@H](c3ccc4c(c3)OCO4)CN2CC(=O)Nc2c(CC)cc(C)cc2CC)cc1. The Balaban J connectivity index is 0.000000173. The highest BCUT2D eigenvalue weighted by atomic mass is 19.1. The molecule has 3 amide bonds. The standard InChI is InChI=1S/C37H46N2O7.C36H43FN2O7.C36H44N2O6/c1-6-9-10-15-44-28-13-11-26(12-14-28)35-33(37(41)42)29(27-18-30(43-5)36-31(19-27)45-22-46-36)20-39(35)21-32(40)38-34-24(7-2)16-23(4)17-25(34)8-3;1-5-8-9-14-44-27-12-10-24(11-13-27)34-32(36(41)42)28(25-17-29(43-4)35-30(18-25)45-21-46-35)19-39(34)20-31(40)38-33-22(6-2)15-26(37)16-23(33)7-3;1-5-8-9-16-42-28-13-10-26(11-14-28)35-33(36(40)41)29(27-12-15-30-31(19-27)44-22-43-30)20-38(35)21-32(39)37-34-24(6-2)17-23(4)18-25(34)7-3/h11-14,16-19,29,33,35H,6-10,15,20-22H2,1-5H3,(H,38,40)(H,41,42);10-13,15-18,28,32,34H,5-9,14,19-21H2,1-4H3,(H,38,40)(H,41,42);10-15,17-19,29,33,35H,5-9,16,20-22H2,1-4H3,(H,37,39)(H,40,41)/t29-,33?,35+;28-,32?,34+;29-,33?,35+/m111/s1. The van der Waals surface area contributed by atoms with Crippen LogP contribution in [0.2, 0.25) is 0 Å². The summed E-state index contributed by atoms with van der Waals surface area (Å²) in [7, 11) is 3.08. The van der Waals surface area contributed by atoms with Crippen molar-refractivity contribution in [2.75, 3.05) is 110 Å². The minimum atomic E-state index is -0.977. The zero-order valence-electron chi connectivity index (χ0n) is 80.7. The molecule has 6 N–H and O–H groups in total. The van der Waals surface area contributed by atoms with Gasteiger partial charge in [-0.25, -0.2) is 4.39 Å². The van der Waals surface area contributed by atoms with Gasteiger partial charge < -0.3 is 83.4 Å². The molecule has 726 valence electrons. The molecule has 3 saturated heterocycles. The number of aryl methyl sites for hydroxylation is 8. The van der Waals surface area contributed by atoms with Crippen LogP contribution in [0.5, 0.6) is 63.2 Å². The number of anilines is 3. The summed E-state index contributed by atoms with van der Waals surface area (Å²) in [6.45, 7) is 26.0. The zero-order chi connectivity index (χ0) is 96.8. The summed E-state index contributed by atoms with van der Waals surface area (Å²) >= 11 is 0. The number of hydrogen-bond donors (Lipinski definition) is 6.